The van der Waals surface area contributed by atoms with Gasteiger partial charge in [-0.15, -0.1) is 0 Å². The molecule has 112 valence electrons. The average Bonchev–Trinajstić information content (AvgIpc) is 2.46. The van der Waals surface area contributed by atoms with Crippen molar-refractivity contribution >= 4 is 0 Å². The van der Waals surface area contributed by atoms with Gasteiger partial charge in [0.1, 0.15) is 0 Å². The first-order valence-corrected chi connectivity index (χ1v) is 8.05. The van der Waals surface area contributed by atoms with E-state index in [4.69, 9.17) is 4.74 Å². The van der Waals surface area contributed by atoms with Crippen LogP contribution in [0.5, 0.6) is 0 Å². The molecule has 0 spiro atoms. The molecule has 0 aliphatic heterocycles. The van der Waals surface area contributed by atoms with Crippen molar-refractivity contribution < 1.29 is 9.84 Å². The lowest BCUT2D eigenvalue weighted by atomic mass is 9.82. The van der Waals surface area contributed by atoms with Gasteiger partial charge in [0.25, 0.3) is 0 Å². The smallest absolute Gasteiger partial charge is 0.0856 e. The van der Waals surface area contributed by atoms with E-state index in [1.807, 2.05) is 6.92 Å². The lowest BCUT2D eigenvalue weighted by Crippen LogP contribution is -2.25. The maximum atomic E-state index is 9.54. The Morgan fingerprint density at radius 3 is 2.35 bits per heavy atom. The molecule has 0 saturated heterocycles. The lowest BCUT2D eigenvalue weighted by molar-refractivity contribution is -0.0603. The summed E-state index contributed by atoms with van der Waals surface area (Å²) in [5.74, 6) is 0.627. The maximum Gasteiger partial charge on any atom is 0.0856 e. The second kappa shape index (κ2) is 7.80. The van der Waals surface area contributed by atoms with E-state index in [1.165, 1.54) is 37.7 Å². The number of hydrogen-bond acceptors (Lipinski definition) is 2. The number of benzene rings is 1. The van der Waals surface area contributed by atoms with E-state index in [0.717, 1.165) is 0 Å². The van der Waals surface area contributed by atoms with Crippen molar-refractivity contribution in [1.82, 2.24) is 0 Å². The first-order chi connectivity index (χ1) is 9.66. The fourth-order valence-electron chi connectivity index (χ4n) is 3.33. The Morgan fingerprint density at radius 2 is 1.75 bits per heavy atom. The van der Waals surface area contributed by atoms with Crippen molar-refractivity contribution in [3.63, 3.8) is 0 Å². The Kier molecular flexibility index (Phi) is 6.06. The molecule has 2 rings (SSSR count). The van der Waals surface area contributed by atoms with Gasteiger partial charge in [-0.25, -0.2) is 0 Å². The molecule has 3 atom stereocenters. The number of aliphatic hydroxyl groups excluding tert-OH is 1. The minimum absolute atomic E-state index is 0.0992. The molecule has 1 aliphatic carbocycles. The van der Waals surface area contributed by atoms with E-state index in [-0.39, 0.29) is 18.3 Å². The van der Waals surface area contributed by atoms with E-state index in [2.05, 4.69) is 37.3 Å². The second-order valence-electron chi connectivity index (χ2n) is 6.26. The Labute approximate surface area is 123 Å². The molecule has 2 heteroatoms. The quantitative estimate of drug-likeness (QED) is 0.830. The Morgan fingerprint density at radius 1 is 1.10 bits per heavy atom. The second-order valence-corrected chi connectivity index (χ2v) is 6.26. The van der Waals surface area contributed by atoms with Crippen molar-refractivity contribution in [2.75, 3.05) is 0 Å². The highest BCUT2D eigenvalue weighted by atomic mass is 16.5. The van der Waals surface area contributed by atoms with Crippen LogP contribution in [0.25, 0.3) is 0 Å². The van der Waals surface area contributed by atoms with E-state index >= 15 is 0 Å². The zero-order valence-corrected chi connectivity index (χ0v) is 12.8. The molecule has 20 heavy (non-hydrogen) atoms. The van der Waals surface area contributed by atoms with Crippen LogP contribution in [-0.2, 0) is 4.74 Å². The summed E-state index contributed by atoms with van der Waals surface area (Å²) in [6.07, 6.45) is 7.23. The van der Waals surface area contributed by atoms with Crippen LogP contribution in [0.2, 0.25) is 0 Å². The zero-order valence-electron chi connectivity index (χ0n) is 12.8. The highest BCUT2D eigenvalue weighted by molar-refractivity contribution is 5.18. The number of hydrogen-bond donors (Lipinski definition) is 1. The van der Waals surface area contributed by atoms with Gasteiger partial charge >= 0.3 is 0 Å². The highest BCUT2D eigenvalue weighted by Crippen LogP contribution is 2.37. The predicted molar refractivity (Wildman–Crippen MR) is 82.6 cm³/mol. The number of aliphatic hydroxyl groups is 1. The first-order valence-electron chi connectivity index (χ1n) is 8.05. The minimum Gasteiger partial charge on any atom is -0.393 e. The van der Waals surface area contributed by atoms with Crippen LogP contribution in [0.15, 0.2) is 30.3 Å². The summed E-state index contributed by atoms with van der Waals surface area (Å²) in [7, 11) is 0. The molecule has 0 aromatic heterocycles. The summed E-state index contributed by atoms with van der Waals surface area (Å²) < 4.78 is 6.33. The van der Waals surface area contributed by atoms with Gasteiger partial charge in [-0.1, -0.05) is 49.6 Å². The van der Waals surface area contributed by atoms with Gasteiger partial charge < -0.3 is 9.84 Å². The first kappa shape index (κ1) is 15.5. The third kappa shape index (κ3) is 4.60. The van der Waals surface area contributed by atoms with Gasteiger partial charge in [-0.05, 0) is 44.6 Å². The molecule has 1 aromatic rings. The zero-order chi connectivity index (χ0) is 14.4. The monoisotopic (exact) mass is 276 g/mol. The van der Waals surface area contributed by atoms with Gasteiger partial charge in [-0.2, -0.15) is 0 Å². The molecule has 1 saturated carbocycles. The third-order valence-corrected chi connectivity index (χ3v) is 4.26. The largest absolute Gasteiger partial charge is 0.393 e. The SMILES string of the molecule is C[C@H](C[C@@H](C)O)O[C@@H](c1ccccc1)C1CCCCC1. The normalized spacial score (nSPS) is 21.4. The van der Waals surface area contributed by atoms with Crippen molar-refractivity contribution in [3.05, 3.63) is 35.9 Å². The van der Waals surface area contributed by atoms with Gasteiger partial charge in [0, 0.05) is 0 Å². The molecular formula is C18H28O2. The van der Waals surface area contributed by atoms with Gasteiger partial charge in [0.2, 0.25) is 0 Å². The summed E-state index contributed by atoms with van der Waals surface area (Å²) in [4.78, 5) is 0. The van der Waals surface area contributed by atoms with E-state index < -0.39 is 0 Å². The topological polar surface area (TPSA) is 29.5 Å². The molecule has 1 aromatic carbocycles. The molecular weight excluding hydrogens is 248 g/mol. The fraction of sp³-hybridized carbons (Fsp3) is 0.667. The maximum absolute atomic E-state index is 9.54. The molecule has 2 nitrogen and oxygen atoms in total. The van der Waals surface area contributed by atoms with Gasteiger partial charge in [0.15, 0.2) is 0 Å². The van der Waals surface area contributed by atoms with E-state index in [0.29, 0.717) is 12.3 Å². The highest BCUT2D eigenvalue weighted by Gasteiger charge is 2.27. The van der Waals surface area contributed by atoms with Crippen LogP contribution in [0.1, 0.15) is 64.0 Å². The van der Waals surface area contributed by atoms with Crippen LogP contribution >= 0.6 is 0 Å². The molecule has 0 bridgehead atoms. The molecule has 0 heterocycles. The van der Waals surface area contributed by atoms with Crippen LogP contribution < -0.4 is 0 Å². The molecule has 0 unspecified atom stereocenters. The molecule has 1 N–H and O–H groups in total. The summed E-state index contributed by atoms with van der Waals surface area (Å²) in [6.45, 7) is 3.91. The minimum atomic E-state index is -0.298. The molecule has 1 fully saturated rings. The standard InChI is InChI=1S/C18H28O2/c1-14(19)13-15(2)20-18(16-9-5-3-6-10-16)17-11-7-4-8-12-17/h3,5-6,9-10,14-15,17-19H,4,7-8,11-13H2,1-2H3/t14-,15-,18+/m1/s1. The van der Waals surface area contributed by atoms with E-state index in [1.54, 1.807) is 0 Å². The Bertz CT molecular complexity index is 368. The average molecular weight is 276 g/mol. The Hall–Kier alpha value is -0.860. The summed E-state index contributed by atoms with van der Waals surface area (Å²) in [5.41, 5.74) is 1.29. The van der Waals surface area contributed by atoms with Crippen molar-refractivity contribution in [1.29, 1.82) is 0 Å². The predicted octanol–water partition coefficient (Wildman–Crippen LogP) is 4.48. The Balaban J connectivity index is 2.07. The van der Waals surface area contributed by atoms with Gasteiger partial charge in [-0.3, -0.25) is 0 Å². The van der Waals surface area contributed by atoms with Crippen LogP contribution in [-0.4, -0.2) is 17.3 Å². The van der Waals surface area contributed by atoms with Crippen molar-refractivity contribution in [2.45, 2.75) is 70.7 Å². The molecule has 0 amide bonds. The lowest BCUT2D eigenvalue weighted by Gasteiger charge is -2.33. The summed E-state index contributed by atoms with van der Waals surface area (Å²) >= 11 is 0. The number of ether oxygens (including phenoxy) is 1. The molecule has 1 aliphatic rings. The van der Waals surface area contributed by atoms with Crippen molar-refractivity contribution in [2.24, 2.45) is 5.92 Å². The van der Waals surface area contributed by atoms with Crippen LogP contribution in [0, 0.1) is 5.92 Å². The van der Waals surface area contributed by atoms with E-state index in [9.17, 15) is 5.11 Å². The van der Waals surface area contributed by atoms with Gasteiger partial charge in [0.05, 0.1) is 18.3 Å². The third-order valence-electron chi connectivity index (χ3n) is 4.26. The number of rotatable bonds is 6. The summed E-state index contributed by atoms with van der Waals surface area (Å²) in [5, 5.41) is 9.54. The molecule has 0 radical (unpaired) electrons. The van der Waals surface area contributed by atoms with Crippen LogP contribution in [0.3, 0.4) is 0 Å². The van der Waals surface area contributed by atoms with Crippen molar-refractivity contribution in [3.8, 4) is 0 Å². The van der Waals surface area contributed by atoms with Crippen LogP contribution in [0.4, 0.5) is 0 Å². The fourth-order valence-corrected chi connectivity index (χ4v) is 3.33. The summed E-state index contributed by atoms with van der Waals surface area (Å²) in [6, 6.07) is 10.6.